The molecule has 0 fully saturated rings. The second-order valence-electron chi connectivity index (χ2n) is 4.37. The van der Waals surface area contributed by atoms with Crippen LogP contribution in [0.3, 0.4) is 0 Å². The van der Waals surface area contributed by atoms with E-state index >= 15 is 0 Å². The zero-order valence-corrected chi connectivity index (χ0v) is 13.1. The van der Waals surface area contributed by atoms with Gasteiger partial charge in [-0.2, -0.15) is 0 Å². The maximum absolute atomic E-state index is 12.1. The Balaban J connectivity index is 1.92. The average molecular weight is 335 g/mol. The maximum atomic E-state index is 12.1. The second-order valence-corrected chi connectivity index (χ2v) is 5.90. The van der Waals surface area contributed by atoms with Crippen molar-refractivity contribution >= 4 is 40.5 Å². The third-order valence-electron chi connectivity index (χ3n) is 2.96. The van der Waals surface area contributed by atoms with Gasteiger partial charge in [-0.25, -0.2) is 15.0 Å². The second kappa shape index (κ2) is 6.33. The summed E-state index contributed by atoms with van der Waals surface area (Å²) in [6.45, 7) is 0. The number of carbonyl (C=O) groups is 1. The molecule has 0 saturated carbocycles. The molecule has 6 nitrogen and oxygen atoms in total. The number of esters is 1. The van der Waals surface area contributed by atoms with Crippen molar-refractivity contribution in [1.29, 1.82) is 0 Å². The number of H-pyrrole nitrogens is 1. The number of nitrogens with one attached hydrogen (secondary N) is 1. The molecule has 2 heterocycles. The molecule has 112 valence electrons. The zero-order valence-electron chi connectivity index (χ0n) is 11.5. The van der Waals surface area contributed by atoms with Crippen LogP contribution in [0.1, 0.15) is 10.8 Å². The van der Waals surface area contributed by atoms with E-state index in [4.69, 9.17) is 16.3 Å². The summed E-state index contributed by atoms with van der Waals surface area (Å²) in [5, 5.41) is 0.632. The van der Waals surface area contributed by atoms with E-state index in [1.54, 1.807) is 30.5 Å². The first-order chi connectivity index (χ1) is 10.7. The lowest BCUT2D eigenvalue weighted by atomic mass is 10.1. The molecule has 0 aliphatic rings. The Kier molecular flexibility index (Phi) is 4.26. The van der Waals surface area contributed by atoms with E-state index in [9.17, 15) is 4.79 Å². The molecule has 1 aromatic carbocycles. The highest BCUT2D eigenvalue weighted by molar-refractivity contribution is 8.00. The summed E-state index contributed by atoms with van der Waals surface area (Å²) >= 11 is 7.14. The van der Waals surface area contributed by atoms with E-state index in [1.165, 1.54) is 25.2 Å². The smallest absolute Gasteiger partial charge is 0.323 e. The number of methoxy groups -OCH3 is 1. The number of nitrogens with zero attached hydrogens (tertiary/aromatic N) is 3. The van der Waals surface area contributed by atoms with Crippen molar-refractivity contribution in [2.75, 3.05) is 7.11 Å². The summed E-state index contributed by atoms with van der Waals surface area (Å²) in [5.74, 6) is -0.362. The van der Waals surface area contributed by atoms with Crippen LogP contribution in [0.5, 0.6) is 0 Å². The van der Waals surface area contributed by atoms with Gasteiger partial charge in [0.2, 0.25) is 0 Å². The molecule has 8 heteroatoms. The average Bonchev–Trinajstić information content (AvgIpc) is 2.95. The lowest BCUT2D eigenvalue weighted by Gasteiger charge is -2.13. The molecule has 3 rings (SSSR count). The van der Waals surface area contributed by atoms with Gasteiger partial charge in [0.25, 0.3) is 0 Å². The molecule has 22 heavy (non-hydrogen) atoms. The van der Waals surface area contributed by atoms with Gasteiger partial charge in [-0.3, -0.25) is 4.79 Å². The van der Waals surface area contributed by atoms with Crippen LogP contribution in [0.25, 0.3) is 11.2 Å². The number of fused-ring (bicyclic) bond motifs is 1. The summed E-state index contributed by atoms with van der Waals surface area (Å²) in [5.41, 5.74) is 2.05. The molecule has 2 aromatic heterocycles. The van der Waals surface area contributed by atoms with Crippen LogP contribution in [0.15, 0.2) is 41.9 Å². The van der Waals surface area contributed by atoms with Crippen molar-refractivity contribution in [3.8, 4) is 0 Å². The lowest BCUT2D eigenvalue weighted by molar-refractivity contribution is -0.140. The van der Waals surface area contributed by atoms with E-state index in [-0.39, 0.29) is 5.97 Å². The summed E-state index contributed by atoms with van der Waals surface area (Å²) in [4.78, 5) is 27.5. The Bertz CT molecular complexity index is 773. The number of aromatic amines is 1. The number of imidazole rings is 1. The topological polar surface area (TPSA) is 80.8 Å². The summed E-state index contributed by atoms with van der Waals surface area (Å²) in [7, 11) is 1.36. The minimum absolute atomic E-state index is 0.362. The van der Waals surface area contributed by atoms with Crippen molar-refractivity contribution in [3.63, 3.8) is 0 Å². The van der Waals surface area contributed by atoms with Crippen LogP contribution in [0.4, 0.5) is 0 Å². The Labute approximate surface area is 135 Å². The fourth-order valence-electron chi connectivity index (χ4n) is 1.90. The third-order valence-corrected chi connectivity index (χ3v) is 4.33. The molecular weight excluding hydrogens is 324 g/mol. The number of rotatable bonds is 4. The van der Waals surface area contributed by atoms with Crippen LogP contribution in [0, 0.1) is 0 Å². The summed E-state index contributed by atoms with van der Waals surface area (Å²) in [6, 6.07) is 7.05. The normalized spacial score (nSPS) is 12.3. The highest BCUT2D eigenvalue weighted by Gasteiger charge is 2.24. The number of benzene rings is 1. The van der Waals surface area contributed by atoms with Crippen LogP contribution < -0.4 is 0 Å². The molecule has 1 atom stereocenters. The molecule has 1 unspecified atom stereocenters. The van der Waals surface area contributed by atoms with Gasteiger partial charge in [0, 0.05) is 5.02 Å². The predicted octanol–water partition coefficient (Wildman–Crippen LogP) is 3.01. The van der Waals surface area contributed by atoms with Gasteiger partial charge in [-0.05, 0) is 17.7 Å². The fraction of sp³-hybridized carbons (Fsp3) is 0.143. The van der Waals surface area contributed by atoms with Crippen molar-refractivity contribution < 1.29 is 9.53 Å². The Hall–Kier alpha value is -2.12. The van der Waals surface area contributed by atoms with Gasteiger partial charge >= 0.3 is 5.97 Å². The molecule has 0 bridgehead atoms. The third kappa shape index (κ3) is 3.05. The molecule has 0 saturated heterocycles. The molecule has 3 aromatic rings. The van der Waals surface area contributed by atoms with Crippen LogP contribution in [0.2, 0.25) is 5.02 Å². The number of carbonyl (C=O) groups excluding carboxylic acids is 1. The van der Waals surface area contributed by atoms with E-state index < -0.39 is 5.25 Å². The first-order valence-corrected chi connectivity index (χ1v) is 7.59. The van der Waals surface area contributed by atoms with Crippen molar-refractivity contribution in [2.24, 2.45) is 0 Å². The standard InChI is InChI=1S/C14H11ClN4O2S/c1-21-13(20)11(8-2-4-9(15)5-3-8)22-14-18-10-6-16-7-17-12(10)19-14/h2-7,11H,1H3,(H,16,17,18,19). The number of aromatic nitrogens is 4. The first-order valence-electron chi connectivity index (χ1n) is 6.33. The minimum Gasteiger partial charge on any atom is -0.468 e. The van der Waals surface area contributed by atoms with Crippen molar-refractivity contribution in [2.45, 2.75) is 10.4 Å². The molecule has 0 amide bonds. The van der Waals surface area contributed by atoms with Gasteiger partial charge in [0.1, 0.15) is 17.1 Å². The fourth-order valence-corrected chi connectivity index (χ4v) is 3.05. The molecular formula is C14H11ClN4O2S. The lowest BCUT2D eigenvalue weighted by Crippen LogP contribution is -2.11. The Morgan fingerprint density at radius 2 is 2.14 bits per heavy atom. The molecule has 0 spiro atoms. The van der Waals surface area contributed by atoms with Gasteiger partial charge in [0.05, 0.1) is 13.3 Å². The van der Waals surface area contributed by atoms with Crippen LogP contribution >= 0.6 is 23.4 Å². The SMILES string of the molecule is COC(=O)C(Sc1nc2ncncc2[nH]1)c1ccc(Cl)cc1. The zero-order chi connectivity index (χ0) is 15.5. The number of thioether (sulfide) groups is 1. The van der Waals surface area contributed by atoms with Crippen molar-refractivity contribution in [1.82, 2.24) is 19.9 Å². The predicted molar refractivity (Wildman–Crippen MR) is 83.7 cm³/mol. The van der Waals surface area contributed by atoms with Gasteiger partial charge < -0.3 is 9.72 Å². The highest BCUT2D eigenvalue weighted by Crippen LogP contribution is 2.35. The first kappa shape index (κ1) is 14.8. The molecule has 0 aliphatic carbocycles. The Morgan fingerprint density at radius 3 is 2.82 bits per heavy atom. The number of ether oxygens (including phenoxy) is 1. The van der Waals surface area contributed by atoms with Gasteiger partial charge in [-0.15, -0.1) is 0 Å². The van der Waals surface area contributed by atoms with Crippen LogP contribution in [-0.2, 0) is 9.53 Å². The van der Waals surface area contributed by atoms with Gasteiger partial charge in [0.15, 0.2) is 10.8 Å². The van der Waals surface area contributed by atoms with Gasteiger partial charge in [-0.1, -0.05) is 35.5 Å². The van der Waals surface area contributed by atoms with Crippen LogP contribution in [-0.4, -0.2) is 33.0 Å². The van der Waals surface area contributed by atoms with Crippen molar-refractivity contribution in [3.05, 3.63) is 47.4 Å². The highest BCUT2D eigenvalue weighted by atomic mass is 35.5. The minimum atomic E-state index is -0.546. The van der Waals surface area contributed by atoms with E-state index in [0.717, 1.165) is 5.56 Å². The summed E-state index contributed by atoms with van der Waals surface area (Å²) < 4.78 is 4.88. The van der Waals surface area contributed by atoms with E-state index in [2.05, 4.69) is 19.9 Å². The largest absolute Gasteiger partial charge is 0.468 e. The summed E-state index contributed by atoms with van der Waals surface area (Å²) in [6.07, 6.45) is 3.06. The quantitative estimate of drug-likeness (QED) is 0.583. The monoisotopic (exact) mass is 334 g/mol. The molecule has 1 N–H and O–H groups in total. The number of hydrogen-bond acceptors (Lipinski definition) is 6. The Morgan fingerprint density at radius 1 is 1.36 bits per heavy atom. The molecule has 0 radical (unpaired) electrons. The number of halogens is 1. The number of hydrogen-bond donors (Lipinski definition) is 1. The maximum Gasteiger partial charge on any atom is 0.323 e. The van der Waals surface area contributed by atoms with E-state index in [0.29, 0.717) is 21.3 Å². The molecule has 0 aliphatic heterocycles. The van der Waals surface area contributed by atoms with E-state index in [1.807, 2.05) is 0 Å².